The van der Waals surface area contributed by atoms with E-state index in [9.17, 15) is 8.42 Å². The quantitative estimate of drug-likeness (QED) is 0.567. The fraction of sp³-hybridized carbons (Fsp3) is 0.227. The van der Waals surface area contributed by atoms with E-state index in [1.807, 2.05) is 48.5 Å². The molecule has 0 aliphatic rings. The molecule has 0 bridgehead atoms. The van der Waals surface area contributed by atoms with Gasteiger partial charge in [0.2, 0.25) is 10.0 Å². The molecule has 0 unspecified atom stereocenters. The van der Waals surface area contributed by atoms with Crippen LogP contribution in [0, 0.1) is 0 Å². The number of pyridine rings is 1. The van der Waals surface area contributed by atoms with E-state index >= 15 is 0 Å². The third-order valence-electron chi connectivity index (χ3n) is 4.38. The number of hydrogen-bond acceptors (Lipinski definition) is 4. The lowest BCUT2D eigenvalue weighted by Crippen LogP contribution is -2.18. The summed E-state index contributed by atoms with van der Waals surface area (Å²) in [6.07, 6.45) is 2.00. The Hall–Kier alpha value is -2.86. The highest BCUT2D eigenvalue weighted by atomic mass is 32.2. The summed E-state index contributed by atoms with van der Waals surface area (Å²) >= 11 is 0. The molecule has 1 aromatic heterocycles. The van der Waals surface area contributed by atoms with Gasteiger partial charge in [-0.1, -0.05) is 62.4 Å². The number of aryl methyl sites for hydroxylation is 1. The summed E-state index contributed by atoms with van der Waals surface area (Å²) in [5.41, 5.74) is 3.65. The number of benzene rings is 2. The first kappa shape index (κ1) is 19.9. The van der Waals surface area contributed by atoms with Crippen LogP contribution in [0.5, 0.6) is 0 Å². The number of sulfonamides is 1. The molecule has 0 aliphatic heterocycles. The predicted octanol–water partition coefficient (Wildman–Crippen LogP) is 4.93. The summed E-state index contributed by atoms with van der Waals surface area (Å²) in [6, 6.07) is 21.1. The zero-order chi connectivity index (χ0) is 20.0. The molecular formula is C22H25N3O2S. The molecule has 0 amide bonds. The Balaban J connectivity index is 1.63. The van der Waals surface area contributed by atoms with Crippen LogP contribution < -0.4 is 10.0 Å². The highest BCUT2D eigenvalue weighted by molar-refractivity contribution is 7.92. The van der Waals surface area contributed by atoms with E-state index in [4.69, 9.17) is 0 Å². The van der Waals surface area contributed by atoms with E-state index in [1.54, 1.807) is 12.1 Å². The molecule has 0 fully saturated rings. The normalized spacial score (nSPS) is 11.4. The number of aromatic nitrogens is 1. The van der Waals surface area contributed by atoms with Gasteiger partial charge in [0.1, 0.15) is 5.82 Å². The number of para-hydroxylation sites is 1. The molecule has 0 saturated carbocycles. The molecule has 1 heterocycles. The molecule has 6 heteroatoms. The first-order valence-corrected chi connectivity index (χ1v) is 10.9. The number of nitrogens with one attached hydrogen (secondary N) is 2. The molecule has 3 rings (SSSR count). The van der Waals surface area contributed by atoms with E-state index < -0.39 is 10.0 Å². The summed E-state index contributed by atoms with van der Waals surface area (Å²) < 4.78 is 27.2. The van der Waals surface area contributed by atoms with E-state index in [0.717, 1.165) is 11.3 Å². The van der Waals surface area contributed by atoms with Crippen LogP contribution in [-0.4, -0.2) is 19.2 Å². The van der Waals surface area contributed by atoms with Crippen molar-refractivity contribution in [3.63, 3.8) is 0 Å². The van der Waals surface area contributed by atoms with Gasteiger partial charge in [-0.2, -0.15) is 0 Å². The van der Waals surface area contributed by atoms with Crippen LogP contribution in [-0.2, 0) is 16.4 Å². The molecule has 3 aromatic rings. The fourth-order valence-corrected chi connectivity index (χ4v) is 3.99. The summed E-state index contributed by atoms with van der Waals surface area (Å²) in [5.74, 6) is 1.08. The van der Waals surface area contributed by atoms with Gasteiger partial charge >= 0.3 is 0 Å². The van der Waals surface area contributed by atoms with Gasteiger partial charge in [0, 0.05) is 5.69 Å². The van der Waals surface area contributed by atoms with Crippen LogP contribution in [0.3, 0.4) is 0 Å². The van der Waals surface area contributed by atoms with Crippen LogP contribution in [0.2, 0.25) is 0 Å². The highest BCUT2D eigenvalue weighted by Gasteiger charge is 2.11. The summed E-state index contributed by atoms with van der Waals surface area (Å²) in [7, 11) is -3.43. The topological polar surface area (TPSA) is 71.1 Å². The zero-order valence-corrected chi connectivity index (χ0v) is 16.9. The molecule has 2 N–H and O–H groups in total. The van der Waals surface area contributed by atoms with Crippen molar-refractivity contribution in [2.75, 3.05) is 15.8 Å². The maximum atomic E-state index is 12.3. The van der Waals surface area contributed by atoms with Crippen molar-refractivity contribution in [3.05, 3.63) is 84.1 Å². The van der Waals surface area contributed by atoms with E-state index in [2.05, 4.69) is 34.9 Å². The maximum Gasteiger partial charge on any atom is 0.233 e. The van der Waals surface area contributed by atoms with E-state index in [0.29, 0.717) is 23.8 Å². The second kappa shape index (κ2) is 8.89. The van der Waals surface area contributed by atoms with Gasteiger partial charge in [-0.25, -0.2) is 13.4 Å². The third-order valence-corrected chi connectivity index (χ3v) is 5.67. The molecule has 0 saturated heterocycles. The van der Waals surface area contributed by atoms with Crippen LogP contribution in [0.15, 0.2) is 72.9 Å². The minimum absolute atomic E-state index is 0.0266. The largest absolute Gasteiger partial charge is 0.340 e. The third kappa shape index (κ3) is 5.57. The second-order valence-electron chi connectivity index (χ2n) is 6.96. The van der Waals surface area contributed by atoms with E-state index in [-0.39, 0.29) is 5.75 Å². The zero-order valence-electron chi connectivity index (χ0n) is 16.1. The predicted molar refractivity (Wildman–Crippen MR) is 116 cm³/mol. The standard InChI is InChI=1S/C22H25N3O2S/c1-17(2)20-10-6-7-11-21(20)24-22-13-12-19(16-23-22)25-28(26,27)15-14-18-8-4-3-5-9-18/h3-13,16-17,25H,14-15H2,1-2H3,(H,23,24). The molecule has 2 aromatic carbocycles. The minimum atomic E-state index is -3.43. The summed E-state index contributed by atoms with van der Waals surface area (Å²) in [5, 5.41) is 3.30. The van der Waals surface area contributed by atoms with Crippen molar-refractivity contribution >= 4 is 27.2 Å². The van der Waals surface area contributed by atoms with Crippen molar-refractivity contribution in [2.45, 2.75) is 26.2 Å². The van der Waals surface area contributed by atoms with Crippen molar-refractivity contribution < 1.29 is 8.42 Å². The van der Waals surface area contributed by atoms with Gasteiger partial charge in [-0.3, -0.25) is 4.72 Å². The average Bonchev–Trinajstić information content (AvgIpc) is 2.69. The van der Waals surface area contributed by atoms with Gasteiger partial charge in [0.15, 0.2) is 0 Å². The number of nitrogens with zero attached hydrogens (tertiary/aromatic N) is 1. The lowest BCUT2D eigenvalue weighted by Gasteiger charge is -2.14. The van der Waals surface area contributed by atoms with E-state index in [1.165, 1.54) is 11.8 Å². The molecule has 0 aliphatic carbocycles. The van der Waals surface area contributed by atoms with Crippen molar-refractivity contribution in [3.8, 4) is 0 Å². The Labute approximate surface area is 166 Å². The number of anilines is 3. The Morgan fingerprint density at radius 2 is 1.64 bits per heavy atom. The molecule has 5 nitrogen and oxygen atoms in total. The highest BCUT2D eigenvalue weighted by Crippen LogP contribution is 2.26. The van der Waals surface area contributed by atoms with Gasteiger partial charge < -0.3 is 5.32 Å². The molecule has 0 radical (unpaired) electrons. The Kier molecular flexibility index (Phi) is 6.31. The smallest absolute Gasteiger partial charge is 0.233 e. The second-order valence-corrected chi connectivity index (χ2v) is 8.80. The first-order valence-electron chi connectivity index (χ1n) is 9.29. The van der Waals surface area contributed by atoms with Crippen molar-refractivity contribution in [1.82, 2.24) is 4.98 Å². The van der Waals surface area contributed by atoms with Crippen LogP contribution in [0.25, 0.3) is 0 Å². The van der Waals surface area contributed by atoms with Crippen molar-refractivity contribution in [2.24, 2.45) is 0 Å². The fourth-order valence-electron chi connectivity index (χ4n) is 2.91. The number of hydrogen-bond donors (Lipinski definition) is 2. The van der Waals surface area contributed by atoms with Crippen LogP contribution >= 0.6 is 0 Å². The molecule has 0 spiro atoms. The average molecular weight is 396 g/mol. The van der Waals surface area contributed by atoms with Gasteiger partial charge in [0.25, 0.3) is 0 Å². The minimum Gasteiger partial charge on any atom is -0.340 e. The van der Waals surface area contributed by atoms with Crippen LogP contribution in [0.4, 0.5) is 17.2 Å². The Morgan fingerprint density at radius 1 is 0.929 bits per heavy atom. The number of rotatable bonds is 8. The van der Waals surface area contributed by atoms with Gasteiger partial charge in [0.05, 0.1) is 17.6 Å². The Morgan fingerprint density at radius 3 is 2.32 bits per heavy atom. The maximum absolute atomic E-state index is 12.3. The first-order chi connectivity index (χ1) is 13.4. The monoisotopic (exact) mass is 395 g/mol. The molecule has 146 valence electrons. The summed E-state index contributed by atoms with van der Waals surface area (Å²) in [4.78, 5) is 4.34. The molecule has 28 heavy (non-hydrogen) atoms. The molecule has 0 atom stereocenters. The van der Waals surface area contributed by atoms with Crippen molar-refractivity contribution in [1.29, 1.82) is 0 Å². The molecular weight excluding hydrogens is 370 g/mol. The van der Waals surface area contributed by atoms with Gasteiger partial charge in [-0.05, 0) is 41.7 Å². The SMILES string of the molecule is CC(C)c1ccccc1Nc1ccc(NS(=O)(=O)CCc2ccccc2)cn1. The lowest BCUT2D eigenvalue weighted by molar-refractivity contribution is 0.600. The Bertz CT molecular complexity index is 1000. The van der Waals surface area contributed by atoms with Gasteiger partial charge in [-0.15, -0.1) is 0 Å². The summed E-state index contributed by atoms with van der Waals surface area (Å²) in [6.45, 7) is 4.28. The van der Waals surface area contributed by atoms with Crippen LogP contribution in [0.1, 0.15) is 30.9 Å². The lowest BCUT2D eigenvalue weighted by atomic mass is 10.0.